The number of aromatic nitrogens is 3. The van der Waals surface area contributed by atoms with Crippen LogP contribution in [0.15, 0.2) is 27.6 Å². The van der Waals surface area contributed by atoms with Gasteiger partial charge in [-0.2, -0.15) is 0 Å². The van der Waals surface area contributed by atoms with E-state index in [2.05, 4.69) is 19.7 Å². The smallest absolute Gasteiger partial charge is 0.306 e. The third-order valence-electron chi connectivity index (χ3n) is 1.83. The van der Waals surface area contributed by atoms with E-state index in [4.69, 9.17) is 0 Å². The number of nitrogens with zero attached hydrogens (tertiary/aromatic N) is 2. The molecule has 0 amide bonds. The highest BCUT2D eigenvalue weighted by Crippen LogP contribution is 2.18. The second-order valence-corrected chi connectivity index (χ2v) is 5.98. The zero-order chi connectivity index (χ0) is 12.5. The van der Waals surface area contributed by atoms with E-state index in [1.165, 1.54) is 25.5 Å². The van der Waals surface area contributed by atoms with Gasteiger partial charge in [-0.05, 0) is 6.92 Å². The van der Waals surface area contributed by atoms with Gasteiger partial charge in [0.2, 0.25) is 0 Å². The van der Waals surface area contributed by atoms with E-state index in [1.54, 1.807) is 0 Å². The van der Waals surface area contributed by atoms with Crippen LogP contribution in [-0.2, 0) is 10.0 Å². The Labute approximate surface area is 101 Å². The van der Waals surface area contributed by atoms with Crippen LogP contribution in [0.1, 0.15) is 5.69 Å². The minimum absolute atomic E-state index is 0.0480. The normalized spacial score (nSPS) is 11.4. The van der Waals surface area contributed by atoms with Gasteiger partial charge in [-0.25, -0.2) is 13.4 Å². The molecule has 90 valence electrons. The molecular weight excluding hydrogens is 264 g/mol. The lowest BCUT2D eigenvalue weighted by Gasteiger charge is -2.04. The summed E-state index contributed by atoms with van der Waals surface area (Å²) in [4.78, 5) is 20.6. The van der Waals surface area contributed by atoms with E-state index in [1.807, 2.05) is 0 Å². The topological polar surface area (TPSA) is 105 Å². The van der Waals surface area contributed by atoms with Crippen molar-refractivity contribution in [1.82, 2.24) is 15.0 Å². The molecule has 17 heavy (non-hydrogen) atoms. The molecule has 0 aliphatic rings. The fourth-order valence-corrected chi connectivity index (χ4v) is 3.48. The first-order chi connectivity index (χ1) is 7.99. The second kappa shape index (κ2) is 4.26. The van der Waals surface area contributed by atoms with Crippen LogP contribution in [0.25, 0.3) is 0 Å². The summed E-state index contributed by atoms with van der Waals surface area (Å²) in [5.74, 6) is 0.104. The highest BCUT2D eigenvalue weighted by molar-refractivity contribution is 7.94. The molecule has 2 aromatic rings. The number of H-pyrrole nitrogens is 1. The molecule has 2 heterocycles. The van der Waals surface area contributed by atoms with E-state index in [0.717, 1.165) is 0 Å². The standard InChI is InChI=1S/C8H8N4O3S2/c1-5-7(16-8(13)11-5)17(14,15)12-6-4-9-2-3-10-6/h2-4H,1H3,(H,10,12)(H,11,13). The molecule has 0 fully saturated rings. The summed E-state index contributed by atoms with van der Waals surface area (Å²) < 4.78 is 26.0. The summed E-state index contributed by atoms with van der Waals surface area (Å²) >= 11 is 0.631. The monoisotopic (exact) mass is 272 g/mol. The van der Waals surface area contributed by atoms with Gasteiger partial charge in [-0.3, -0.25) is 14.5 Å². The highest BCUT2D eigenvalue weighted by Gasteiger charge is 2.20. The lowest BCUT2D eigenvalue weighted by Crippen LogP contribution is -2.13. The van der Waals surface area contributed by atoms with Crippen LogP contribution in [0.4, 0.5) is 5.82 Å². The molecule has 0 radical (unpaired) electrons. The predicted octanol–water partition coefficient (Wildman–Crippen LogP) is 0.336. The van der Waals surface area contributed by atoms with E-state index in [0.29, 0.717) is 17.0 Å². The molecule has 2 aromatic heterocycles. The average Bonchev–Trinajstić information content (AvgIpc) is 2.59. The molecular formula is C8H8N4O3S2. The molecule has 0 spiro atoms. The molecule has 2 N–H and O–H groups in total. The van der Waals surface area contributed by atoms with E-state index >= 15 is 0 Å². The van der Waals surface area contributed by atoms with Gasteiger partial charge >= 0.3 is 4.87 Å². The fraction of sp³-hybridized carbons (Fsp3) is 0.125. The van der Waals surface area contributed by atoms with Gasteiger partial charge in [0, 0.05) is 18.1 Å². The van der Waals surface area contributed by atoms with E-state index in [-0.39, 0.29) is 10.0 Å². The van der Waals surface area contributed by atoms with Crippen molar-refractivity contribution < 1.29 is 8.42 Å². The van der Waals surface area contributed by atoms with Crippen molar-refractivity contribution in [3.8, 4) is 0 Å². The third-order valence-corrected chi connectivity index (χ3v) is 4.79. The molecule has 0 atom stereocenters. The first-order valence-electron chi connectivity index (χ1n) is 4.47. The van der Waals surface area contributed by atoms with Crippen LogP contribution >= 0.6 is 11.3 Å². The Kier molecular flexibility index (Phi) is 2.94. The fourth-order valence-electron chi connectivity index (χ4n) is 1.18. The van der Waals surface area contributed by atoms with Crippen molar-refractivity contribution in [2.45, 2.75) is 11.1 Å². The van der Waals surface area contributed by atoms with Crippen molar-refractivity contribution in [2.24, 2.45) is 0 Å². The van der Waals surface area contributed by atoms with Crippen LogP contribution in [0.3, 0.4) is 0 Å². The molecule has 0 saturated carbocycles. The summed E-state index contributed by atoms with van der Waals surface area (Å²) in [6.07, 6.45) is 4.07. The molecule has 9 heteroatoms. The van der Waals surface area contributed by atoms with Crippen LogP contribution in [0.2, 0.25) is 0 Å². The Balaban J connectivity index is 2.38. The highest BCUT2D eigenvalue weighted by atomic mass is 32.2. The van der Waals surface area contributed by atoms with Gasteiger partial charge < -0.3 is 4.98 Å². The molecule has 7 nitrogen and oxygen atoms in total. The zero-order valence-electron chi connectivity index (χ0n) is 8.67. The van der Waals surface area contributed by atoms with Crippen molar-refractivity contribution in [3.05, 3.63) is 34.0 Å². The Morgan fingerprint density at radius 3 is 2.71 bits per heavy atom. The average molecular weight is 272 g/mol. The minimum atomic E-state index is -3.79. The second-order valence-electron chi connectivity index (χ2n) is 3.12. The zero-order valence-corrected chi connectivity index (χ0v) is 10.3. The van der Waals surface area contributed by atoms with Gasteiger partial charge in [0.1, 0.15) is 0 Å². The summed E-state index contributed by atoms with van der Waals surface area (Å²) in [6, 6.07) is 0. The van der Waals surface area contributed by atoms with Crippen molar-refractivity contribution in [3.63, 3.8) is 0 Å². The molecule has 0 aliphatic carbocycles. The van der Waals surface area contributed by atoms with E-state index < -0.39 is 14.9 Å². The molecule has 0 unspecified atom stereocenters. The summed E-state index contributed by atoms with van der Waals surface area (Å²) in [5, 5.41) is 0. The number of hydrogen-bond acceptors (Lipinski definition) is 6. The maximum absolute atomic E-state index is 11.9. The van der Waals surface area contributed by atoms with Crippen LogP contribution in [0, 0.1) is 6.92 Å². The summed E-state index contributed by atoms with van der Waals surface area (Å²) in [6.45, 7) is 1.52. The summed E-state index contributed by atoms with van der Waals surface area (Å²) in [5.41, 5.74) is 0.302. The van der Waals surface area contributed by atoms with Crippen LogP contribution < -0.4 is 9.60 Å². The Hall–Kier alpha value is -1.74. The van der Waals surface area contributed by atoms with Gasteiger partial charge in [-0.15, -0.1) is 0 Å². The lowest BCUT2D eigenvalue weighted by atomic mass is 10.6. The van der Waals surface area contributed by atoms with Gasteiger partial charge in [0.15, 0.2) is 10.0 Å². The summed E-state index contributed by atoms with van der Waals surface area (Å²) in [7, 11) is -3.79. The Morgan fingerprint density at radius 2 is 2.18 bits per heavy atom. The number of rotatable bonds is 3. The molecule has 0 aromatic carbocycles. The third kappa shape index (κ3) is 2.50. The molecule has 0 aliphatic heterocycles. The van der Waals surface area contributed by atoms with Crippen molar-refractivity contribution >= 4 is 27.2 Å². The quantitative estimate of drug-likeness (QED) is 0.838. The number of nitrogens with one attached hydrogen (secondary N) is 2. The van der Waals surface area contributed by atoms with E-state index in [9.17, 15) is 13.2 Å². The SMILES string of the molecule is Cc1[nH]c(=O)sc1S(=O)(=O)Nc1cnccn1. The Morgan fingerprint density at radius 1 is 1.41 bits per heavy atom. The first kappa shape index (κ1) is 11.7. The number of hydrogen-bond donors (Lipinski definition) is 2. The number of thiazole rings is 1. The molecule has 2 rings (SSSR count). The predicted molar refractivity (Wildman–Crippen MR) is 62.5 cm³/mol. The molecule has 0 bridgehead atoms. The largest absolute Gasteiger partial charge is 0.315 e. The lowest BCUT2D eigenvalue weighted by molar-refractivity contribution is 0.602. The molecule has 0 saturated heterocycles. The van der Waals surface area contributed by atoms with Gasteiger partial charge in [-0.1, -0.05) is 11.3 Å². The van der Waals surface area contributed by atoms with Crippen LogP contribution in [0.5, 0.6) is 0 Å². The number of aromatic amines is 1. The number of sulfonamides is 1. The van der Waals surface area contributed by atoms with Crippen LogP contribution in [-0.4, -0.2) is 23.4 Å². The van der Waals surface area contributed by atoms with Gasteiger partial charge in [0.25, 0.3) is 10.0 Å². The Bertz CT molecular complexity index is 674. The number of anilines is 1. The minimum Gasteiger partial charge on any atom is -0.315 e. The maximum atomic E-state index is 11.9. The first-order valence-corrected chi connectivity index (χ1v) is 6.77. The maximum Gasteiger partial charge on any atom is 0.306 e. The van der Waals surface area contributed by atoms with Gasteiger partial charge in [0.05, 0.1) is 6.20 Å². The van der Waals surface area contributed by atoms with Crippen molar-refractivity contribution in [1.29, 1.82) is 0 Å². The number of aryl methyl sites for hydroxylation is 1. The van der Waals surface area contributed by atoms with Crippen molar-refractivity contribution in [2.75, 3.05) is 4.72 Å².